The molecule has 0 saturated heterocycles. The summed E-state index contributed by atoms with van der Waals surface area (Å²) in [6.45, 7) is 13.7. The molecule has 0 aromatic carbocycles. The third-order valence-electron chi connectivity index (χ3n) is 3.37. The van der Waals surface area contributed by atoms with Gasteiger partial charge in [0.2, 0.25) is 0 Å². The number of aliphatic hydroxyl groups is 1. The standard InChI is InChI=1S/C18H26N2O2/c1-4-6-8-11-19(13-16(3)5-2)14-17(21)15-20-12-9-7-10-18(20)22/h4-5,7,9-10,12,17,21H,1-3,6,8,11,13-15H2. The van der Waals surface area contributed by atoms with Gasteiger partial charge in [0.1, 0.15) is 0 Å². The number of aliphatic hydroxyl groups excluding tert-OH is 1. The molecule has 0 aliphatic carbocycles. The summed E-state index contributed by atoms with van der Waals surface area (Å²) in [4.78, 5) is 13.8. The minimum absolute atomic E-state index is 0.102. The summed E-state index contributed by atoms with van der Waals surface area (Å²) in [5.74, 6) is 0. The van der Waals surface area contributed by atoms with Crippen LogP contribution in [0.3, 0.4) is 0 Å². The van der Waals surface area contributed by atoms with E-state index in [2.05, 4.69) is 24.6 Å². The summed E-state index contributed by atoms with van der Waals surface area (Å²) in [7, 11) is 0. The number of nitrogens with zero attached hydrogens (tertiary/aromatic N) is 2. The first-order chi connectivity index (χ1) is 10.6. The van der Waals surface area contributed by atoms with Crippen LogP contribution in [0, 0.1) is 0 Å². The Labute approximate surface area is 132 Å². The molecule has 0 aliphatic rings. The van der Waals surface area contributed by atoms with Crippen molar-refractivity contribution in [1.82, 2.24) is 9.47 Å². The van der Waals surface area contributed by atoms with Crippen LogP contribution in [0.5, 0.6) is 0 Å². The molecule has 0 amide bonds. The monoisotopic (exact) mass is 302 g/mol. The molecule has 22 heavy (non-hydrogen) atoms. The van der Waals surface area contributed by atoms with E-state index in [1.165, 1.54) is 10.6 Å². The Balaban J connectivity index is 2.60. The average molecular weight is 302 g/mol. The van der Waals surface area contributed by atoms with Gasteiger partial charge in [0.25, 0.3) is 5.56 Å². The van der Waals surface area contributed by atoms with Crippen molar-refractivity contribution >= 4 is 0 Å². The minimum atomic E-state index is -0.610. The topological polar surface area (TPSA) is 45.5 Å². The second-order valence-corrected chi connectivity index (χ2v) is 5.37. The Morgan fingerprint density at radius 3 is 2.82 bits per heavy atom. The van der Waals surface area contributed by atoms with E-state index in [4.69, 9.17) is 0 Å². The summed E-state index contributed by atoms with van der Waals surface area (Å²) in [5.41, 5.74) is 0.818. The van der Waals surface area contributed by atoms with Crippen molar-refractivity contribution in [1.29, 1.82) is 0 Å². The van der Waals surface area contributed by atoms with Gasteiger partial charge in [0.05, 0.1) is 12.6 Å². The molecule has 120 valence electrons. The van der Waals surface area contributed by atoms with Crippen LogP contribution in [0.4, 0.5) is 0 Å². The summed E-state index contributed by atoms with van der Waals surface area (Å²) in [5, 5.41) is 10.3. The van der Waals surface area contributed by atoms with E-state index < -0.39 is 6.10 Å². The first-order valence-corrected chi connectivity index (χ1v) is 7.53. The molecule has 4 heteroatoms. The molecule has 1 aromatic rings. The summed E-state index contributed by atoms with van der Waals surface area (Å²) < 4.78 is 1.52. The largest absolute Gasteiger partial charge is 0.390 e. The molecule has 1 N–H and O–H groups in total. The van der Waals surface area contributed by atoms with Crippen LogP contribution < -0.4 is 5.56 Å². The van der Waals surface area contributed by atoms with Crippen molar-refractivity contribution in [3.63, 3.8) is 0 Å². The minimum Gasteiger partial charge on any atom is -0.390 e. The quantitative estimate of drug-likeness (QED) is 0.387. The zero-order valence-corrected chi connectivity index (χ0v) is 13.2. The van der Waals surface area contributed by atoms with Gasteiger partial charge in [-0.05, 0) is 31.0 Å². The van der Waals surface area contributed by atoms with E-state index in [1.807, 2.05) is 6.08 Å². The first kappa shape index (κ1) is 18.1. The Kier molecular flexibility index (Phi) is 8.18. The lowest BCUT2D eigenvalue weighted by Crippen LogP contribution is -2.38. The maximum Gasteiger partial charge on any atom is 0.250 e. The Morgan fingerprint density at radius 2 is 2.18 bits per heavy atom. The summed E-state index contributed by atoms with van der Waals surface area (Å²) >= 11 is 0. The van der Waals surface area contributed by atoms with Crippen LogP contribution in [-0.2, 0) is 6.54 Å². The zero-order chi connectivity index (χ0) is 16.4. The van der Waals surface area contributed by atoms with Gasteiger partial charge in [0.15, 0.2) is 0 Å². The maximum absolute atomic E-state index is 11.7. The van der Waals surface area contributed by atoms with Crippen LogP contribution in [0.2, 0.25) is 0 Å². The van der Waals surface area contributed by atoms with Gasteiger partial charge in [0, 0.05) is 25.4 Å². The molecule has 1 aromatic heterocycles. The zero-order valence-electron chi connectivity index (χ0n) is 13.2. The van der Waals surface area contributed by atoms with Crippen LogP contribution >= 0.6 is 0 Å². The van der Waals surface area contributed by atoms with Crippen molar-refractivity contribution in [3.8, 4) is 0 Å². The Morgan fingerprint density at radius 1 is 1.41 bits per heavy atom. The van der Waals surface area contributed by atoms with E-state index >= 15 is 0 Å². The number of pyridine rings is 1. The normalized spacial score (nSPS) is 12.1. The Hall–Kier alpha value is -1.91. The molecule has 0 aliphatic heterocycles. The highest BCUT2D eigenvalue weighted by Crippen LogP contribution is 2.04. The van der Waals surface area contributed by atoms with E-state index in [0.29, 0.717) is 13.1 Å². The van der Waals surface area contributed by atoms with Crippen LogP contribution in [0.15, 0.2) is 66.7 Å². The van der Waals surface area contributed by atoms with E-state index in [9.17, 15) is 9.90 Å². The number of aromatic nitrogens is 1. The molecule has 1 unspecified atom stereocenters. The van der Waals surface area contributed by atoms with Gasteiger partial charge in [-0.25, -0.2) is 0 Å². The first-order valence-electron chi connectivity index (χ1n) is 7.53. The molecule has 0 bridgehead atoms. The summed E-state index contributed by atoms with van der Waals surface area (Å²) in [6.07, 6.45) is 6.61. The molecular weight excluding hydrogens is 276 g/mol. The van der Waals surface area contributed by atoms with Crippen molar-refractivity contribution in [2.75, 3.05) is 19.6 Å². The van der Waals surface area contributed by atoms with Crippen LogP contribution in [0.25, 0.3) is 0 Å². The predicted molar refractivity (Wildman–Crippen MR) is 91.9 cm³/mol. The lowest BCUT2D eigenvalue weighted by molar-refractivity contribution is 0.101. The molecule has 0 saturated carbocycles. The highest BCUT2D eigenvalue weighted by atomic mass is 16.3. The Bertz CT molecular complexity index is 548. The smallest absolute Gasteiger partial charge is 0.250 e. The average Bonchev–Trinajstić information content (AvgIpc) is 2.49. The van der Waals surface area contributed by atoms with Crippen LogP contribution in [-0.4, -0.2) is 40.3 Å². The fraction of sp³-hybridized carbons (Fsp3) is 0.389. The molecule has 0 spiro atoms. The second-order valence-electron chi connectivity index (χ2n) is 5.37. The highest BCUT2D eigenvalue weighted by Gasteiger charge is 2.13. The SMILES string of the molecule is C=CCCCN(CC(=C)C=C)CC(O)Cn1ccccc1=O. The molecule has 1 rings (SSSR count). The molecule has 1 heterocycles. The molecule has 1 atom stereocenters. The number of hydrogen-bond acceptors (Lipinski definition) is 3. The third kappa shape index (κ3) is 6.70. The third-order valence-corrected chi connectivity index (χ3v) is 3.37. The summed E-state index contributed by atoms with van der Waals surface area (Å²) in [6, 6.07) is 4.98. The lowest BCUT2D eigenvalue weighted by atomic mass is 10.2. The van der Waals surface area contributed by atoms with Crippen LogP contribution in [0.1, 0.15) is 12.8 Å². The van der Waals surface area contributed by atoms with E-state index in [-0.39, 0.29) is 12.1 Å². The van der Waals surface area contributed by atoms with Gasteiger partial charge in [-0.3, -0.25) is 9.69 Å². The van der Waals surface area contributed by atoms with Gasteiger partial charge < -0.3 is 9.67 Å². The van der Waals surface area contributed by atoms with Crippen molar-refractivity contribution in [3.05, 3.63) is 72.2 Å². The number of rotatable bonds is 11. The second kappa shape index (κ2) is 9.92. The fourth-order valence-electron chi connectivity index (χ4n) is 2.24. The van der Waals surface area contributed by atoms with Gasteiger partial charge >= 0.3 is 0 Å². The molecule has 4 nitrogen and oxygen atoms in total. The predicted octanol–water partition coefficient (Wildman–Crippen LogP) is 2.22. The van der Waals surface area contributed by atoms with Gasteiger partial charge in [-0.15, -0.1) is 6.58 Å². The number of unbranched alkanes of at least 4 members (excludes halogenated alkanes) is 1. The fourth-order valence-corrected chi connectivity index (χ4v) is 2.24. The lowest BCUT2D eigenvalue weighted by Gasteiger charge is -2.25. The van der Waals surface area contributed by atoms with Crippen molar-refractivity contribution in [2.24, 2.45) is 0 Å². The van der Waals surface area contributed by atoms with Gasteiger partial charge in [-0.1, -0.05) is 31.4 Å². The van der Waals surface area contributed by atoms with E-state index in [0.717, 1.165) is 25.0 Å². The number of allylic oxidation sites excluding steroid dienone is 1. The van der Waals surface area contributed by atoms with Gasteiger partial charge in [-0.2, -0.15) is 0 Å². The maximum atomic E-state index is 11.7. The molecular formula is C18H26N2O2. The van der Waals surface area contributed by atoms with Crippen molar-refractivity contribution in [2.45, 2.75) is 25.5 Å². The highest BCUT2D eigenvalue weighted by molar-refractivity contribution is 5.12. The van der Waals surface area contributed by atoms with Crippen molar-refractivity contribution < 1.29 is 5.11 Å². The number of hydrogen-bond donors (Lipinski definition) is 1. The molecule has 0 radical (unpaired) electrons. The van der Waals surface area contributed by atoms with E-state index in [1.54, 1.807) is 24.4 Å². The molecule has 0 fully saturated rings.